The van der Waals surface area contributed by atoms with Gasteiger partial charge in [-0.25, -0.2) is 0 Å². The molecule has 0 saturated heterocycles. The second-order valence-corrected chi connectivity index (χ2v) is 4.58. The molecule has 21 heavy (non-hydrogen) atoms. The van der Waals surface area contributed by atoms with Crippen LogP contribution in [0.5, 0.6) is 0 Å². The summed E-state index contributed by atoms with van der Waals surface area (Å²) in [5.74, 6) is 0. The van der Waals surface area contributed by atoms with Crippen molar-refractivity contribution in [3.63, 3.8) is 0 Å². The molecule has 102 valence electrons. The molecule has 0 aliphatic heterocycles. The Morgan fingerprint density at radius 1 is 1.24 bits per heavy atom. The number of nitrogens with zero attached hydrogens (tertiary/aromatic N) is 2. The Kier molecular flexibility index (Phi) is 3.36. The minimum Gasteiger partial charge on any atom is -0.379 e. The van der Waals surface area contributed by atoms with Crippen molar-refractivity contribution in [3.05, 3.63) is 70.3 Å². The van der Waals surface area contributed by atoms with Gasteiger partial charge in [-0.3, -0.25) is 9.78 Å². The van der Waals surface area contributed by atoms with Crippen molar-refractivity contribution < 1.29 is 0 Å². The van der Waals surface area contributed by atoms with Gasteiger partial charge in [0.1, 0.15) is 11.6 Å². The lowest BCUT2D eigenvalue weighted by atomic mass is 10.1. The average Bonchev–Trinajstić information content (AvgIpc) is 2.53. The maximum absolute atomic E-state index is 12.0. The van der Waals surface area contributed by atoms with Crippen LogP contribution in [-0.4, -0.2) is 9.97 Å². The molecule has 0 bridgehead atoms. The van der Waals surface area contributed by atoms with Crippen molar-refractivity contribution in [2.75, 3.05) is 5.32 Å². The van der Waals surface area contributed by atoms with E-state index in [1.54, 1.807) is 18.5 Å². The summed E-state index contributed by atoms with van der Waals surface area (Å²) in [6.07, 6.45) is 3.21. The van der Waals surface area contributed by atoms with E-state index in [1.807, 2.05) is 36.4 Å². The van der Waals surface area contributed by atoms with Crippen molar-refractivity contribution in [3.8, 4) is 6.07 Å². The van der Waals surface area contributed by atoms with E-state index in [4.69, 9.17) is 0 Å². The molecule has 2 aromatic heterocycles. The number of nitrogens with one attached hydrogen (secondary N) is 2. The predicted molar refractivity (Wildman–Crippen MR) is 80.8 cm³/mol. The maximum atomic E-state index is 12.0. The smallest absolute Gasteiger partial charge is 0.268 e. The van der Waals surface area contributed by atoms with Crippen molar-refractivity contribution in [2.45, 2.75) is 6.54 Å². The van der Waals surface area contributed by atoms with Gasteiger partial charge in [0.25, 0.3) is 5.56 Å². The number of pyridine rings is 2. The van der Waals surface area contributed by atoms with Gasteiger partial charge in [-0.15, -0.1) is 0 Å². The Hall–Kier alpha value is -3.13. The molecule has 0 saturated carbocycles. The number of hydrogen-bond donors (Lipinski definition) is 2. The first-order valence-electron chi connectivity index (χ1n) is 6.47. The summed E-state index contributed by atoms with van der Waals surface area (Å²) in [6, 6.07) is 13.5. The van der Waals surface area contributed by atoms with Gasteiger partial charge in [0.2, 0.25) is 0 Å². The van der Waals surface area contributed by atoms with E-state index in [0.29, 0.717) is 17.7 Å². The van der Waals surface area contributed by atoms with Crippen LogP contribution in [0.1, 0.15) is 11.1 Å². The normalized spacial score (nSPS) is 10.2. The first-order valence-corrected chi connectivity index (χ1v) is 6.47. The average molecular weight is 276 g/mol. The molecule has 2 N–H and O–H groups in total. The Labute approximate surface area is 120 Å². The zero-order valence-corrected chi connectivity index (χ0v) is 11.1. The van der Waals surface area contributed by atoms with E-state index in [0.717, 1.165) is 10.9 Å². The molecule has 3 rings (SSSR count). The van der Waals surface area contributed by atoms with Gasteiger partial charge in [-0.05, 0) is 11.6 Å². The molecule has 0 atom stereocenters. The molecule has 0 spiro atoms. The highest BCUT2D eigenvalue weighted by Gasteiger charge is 2.12. The van der Waals surface area contributed by atoms with Crippen molar-refractivity contribution in [2.24, 2.45) is 0 Å². The lowest BCUT2D eigenvalue weighted by Crippen LogP contribution is -2.14. The topological polar surface area (TPSA) is 81.6 Å². The van der Waals surface area contributed by atoms with Crippen LogP contribution in [0.4, 0.5) is 5.69 Å². The fourth-order valence-corrected chi connectivity index (χ4v) is 2.22. The van der Waals surface area contributed by atoms with Crippen molar-refractivity contribution >= 4 is 16.6 Å². The molecular formula is C16H12N4O. The molecule has 0 aliphatic rings. The summed E-state index contributed by atoms with van der Waals surface area (Å²) in [5.41, 5.74) is 1.90. The number of nitriles is 1. The summed E-state index contributed by atoms with van der Waals surface area (Å²) in [5, 5.41) is 13.2. The Balaban J connectivity index is 2.08. The van der Waals surface area contributed by atoms with E-state index >= 15 is 0 Å². The summed E-state index contributed by atoms with van der Waals surface area (Å²) < 4.78 is 0. The van der Waals surface area contributed by atoms with E-state index in [2.05, 4.69) is 15.3 Å². The zero-order valence-electron chi connectivity index (χ0n) is 11.1. The first-order chi connectivity index (χ1) is 10.3. The number of H-pyrrole nitrogens is 1. The largest absolute Gasteiger partial charge is 0.379 e. The van der Waals surface area contributed by atoms with Crippen LogP contribution in [0, 0.1) is 11.3 Å². The lowest BCUT2D eigenvalue weighted by molar-refractivity contribution is 1.14. The van der Waals surface area contributed by atoms with Gasteiger partial charge < -0.3 is 10.3 Å². The molecule has 2 heterocycles. The molecule has 0 aliphatic carbocycles. The van der Waals surface area contributed by atoms with E-state index in [9.17, 15) is 10.1 Å². The highest BCUT2D eigenvalue weighted by atomic mass is 16.1. The molecule has 5 heteroatoms. The van der Waals surface area contributed by atoms with Crippen LogP contribution < -0.4 is 10.9 Å². The number of rotatable bonds is 3. The van der Waals surface area contributed by atoms with Crippen LogP contribution >= 0.6 is 0 Å². The predicted octanol–water partition coefficient (Wildman–Crippen LogP) is 2.41. The maximum Gasteiger partial charge on any atom is 0.268 e. The molecule has 3 aromatic rings. The van der Waals surface area contributed by atoms with Crippen LogP contribution in [-0.2, 0) is 6.54 Å². The quantitative estimate of drug-likeness (QED) is 0.769. The number of anilines is 1. The minimum absolute atomic E-state index is 0.0876. The summed E-state index contributed by atoms with van der Waals surface area (Å²) in [4.78, 5) is 18.6. The highest BCUT2D eigenvalue weighted by molar-refractivity contribution is 5.93. The van der Waals surface area contributed by atoms with Gasteiger partial charge in [-0.2, -0.15) is 5.26 Å². The second kappa shape index (κ2) is 5.47. The highest BCUT2D eigenvalue weighted by Crippen LogP contribution is 2.23. The zero-order chi connectivity index (χ0) is 14.7. The van der Waals surface area contributed by atoms with E-state index in [-0.39, 0.29) is 5.56 Å². The van der Waals surface area contributed by atoms with Gasteiger partial charge in [0.05, 0.1) is 17.4 Å². The Morgan fingerprint density at radius 3 is 2.81 bits per heavy atom. The lowest BCUT2D eigenvalue weighted by Gasteiger charge is -2.11. The van der Waals surface area contributed by atoms with Crippen LogP contribution in [0.15, 0.2) is 53.6 Å². The third-order valence-corrected chi connectivity index (χ3v) is 3.24. The van der Waals surface area contributed by atoms with Gasteiger partial charge in [0.15, 0.2) is 0 Å². The van der Waals surface area contributed by atoms with Gasteiger partial charge >= 0.3 is 0 Å². The Bertz CT molecular complexity index is 878. The summed E-state index contributed by atoms with van der Waals surface area (Å²) in [7, 11) is 0. The standard InChI is InChI=1S/C16H12N4O/c17-8-13-15(19-9-11-4-2-1-3-5-11)12-6-7-18-10-14(12)20-16(13)21/h1-7,10H,9H2,(H2,19,20,21). The molecule has 0 radical (unpaired) electrons. The molecule has 1 aromatic carbocycles. The third-order valence-electron chi connectivity index (χ3n) is 3.24. The second-order valence-electron chi connectivity index (χ2n) is 4.58. The van der Waals surface area contributed by atoms with Crippen LogP contribution in [0.2, 0.25) is 0 Å². The van der Waals surface area contributed by atoms with Gasteiger partial charge in [0, 0.05) is 18.1 Å². The fraction of sp³-hybridized carbons (Fsp3) is 0.0625. The molecule has 0 amide bonds. The number of fused-ring (bicyclic) bond motifs is 1. The SMILES string of the molecule is N#Cc1c(NCc2ccccc2)c2ccncc2[nH]c1=O. The number of benzene rings is 1. The van der Waals surface area contributed by atoms with Gasteiger partial charge in [-0.1, -0.05) is 30.3 Å². The molecule has 0 unspecified atom stereocenters. The minimum atomic E-state index is -0.409. The molecule has 0 fully saturated rings. The Morgan fingerprint density at radius 2 is 2.05 bits per heavy atom. The summed E-state index contributed by atoms with van der Waals surface area (Å²) in [6.45, 7) is 0.538. The van der Waals surface area contributed by atoms with Crippen LogP contribution in [0.3, 0.4) is 0 Å². The van der Waals surface area contributed by atoms with Crippen LogP contribution in [0.25, 0.3) is 10.9 Å². The molecule has 5 nitrogen and oxygen atoms in total. The molecular weight excluding hydrogens is 264 g/mol. The fourth-order valence-electron chi connectivity index (χ4n) is 2.22. The third kappa shape index (κ3) is 2.47. The van der Waals surface area contributed by atoms with E-state index < -0.39 is 5.56 Å². The number of aromatic nitrogens is 2. The van der Waals surface area contributed by atoms with E-state index in [1.165, 1.54) is 0 Å². The summed E-state index contributed by atoms with van der Waals surface area (Å²) >= 11 is 0. The first kappa shape index (κ1) is 12.9. The number of aromatic amines is 1. The van der Waals surface area contributed by atoms with Crippen molar-refractivity contribution in [1.29, 1.82) is 5.26 Å². The monoisotopic (exact) mass is 276 g/mol. The van der Waals surface area contributed by atoms with Crippen molar-refractivity contribution in [1.82, 2.24) is 9.97 Å². The number of hydrogen-bond acceptors (Lipinski definition) is 4.